The predicted molar refractivity (Wildman–Crippen MR) is 86.1 cm³/mol. The zero-order valence-electron chi connectivity index (χ0n) is 12.8. The zero-order chi connectivity index (χ0) is 16.6. The standard InChI is InChI=1S/C18H17F3N2/c1-10(22-2)11-3-6-16-12(7-11)8-17(23-16)15-9-13(19)4-5-14(15)18(20)21/h3-10,18,22-23H,1-2H3. The van der Waals surface area contributed by atoms with Gasteiger partial charge in [-0.2, -0.15) is 0 Å². The molecule has 0 aliphatic carbocycles. The van der Waals surface area contributed by atoms with Crippen LogP contribution in [0.2, 0.25) is 0 Å². The molecular formula is C18H17F3N2. The van der Waals surface area contributed by atoms with E-state index in [2.05, 4.69) is 10.3 Å². The lowest BCUT2D eigenvalue weighted by molar-refractivity contribution is 0.152. The molecule has 120 valence electrons. The number of hydrogen-bond donors (Lipinski definition) is 2. The molecule has 1 aromatic heterocycles. The van der Waals surface area contributed by atoms with Crippen LogP contribution in [-0.4, -0.2) is 12.0 Å². The molecule has 0 radical (unpaired) electrons. The first-order valence-corrected chi connectivity index (χ1v) is 7.37. The quantitative estimate of drug-likeness (QED) is 0.680. The van der Waals surface area contributed by atoms with E-state index in [1.165, 1.54) is 0 Å². The van der Waals surface area contributed by atoms with Gasteiger partial charge in [0.15, 0.2) is 0 Å². The highest BCUT2D eigenvalue weighted by atomic mass is 19.3. The summed E-state index contributed by atoms with van der Waals surface area (Å²) in [5.74, 6) is -0.535. The summed E-state index contributed by atoms with van der Waals surface area (Å²) in [4.78, 5) is 3.10. The second kappa shape index (κ2) is 6.08. The van der Waals surface area contributed by atoms with E-state index in [4.69, 9.17) is 0 Å². The number of benzene rings is 2. The van der Waals surface area contributed by atoms with Gasteiger partial charge in [-0.15, -0.1) is 0 Å². The van der Waals surface area contributed by atoms with E-state index >= 15 is 0 Å². The molecule has 3 rings (SSSR count). The largest absolute Gasteiger partial charge is 0.355 e. The van der Waals surface area contributed by atoms with Crippen LogP contribution in [0.25, 0.3) is 22.2 Å². The lowest BCUT2D eigenvalue weighted by atomic mass is 10.0. The van der Waals surface area contributed by atoms with Crippen molar-refractivity contribution in [2.45, 2.75) is 19.4 Å². The van der Waals surface area contributed by atoms with Crippen molar-refractivity contribution in [2.75, 3.05) is 7.05 Å². The maximum atomic E-state index is 13.5. The third-order valence-electron chi connectivity index (χ3n) is 4.12. The highest BCUT2D eigenvalue weighted by Gasteiger charge is 2.17. The Morgan fingerprint density at radius 3 is 2.52 bits per heavy atom. The van der Waals surface area contributed by atoms with Gasteiger partial charge in [0.1, 0.15) is 5.82 Å². The Morgan fingerprint density at radius 1 is 1.04 bits per heavy atom. The third-order valence-corrected chi connectivity index (χ3v) is 4.12. The Hall–Kier alpha value is -2.27. The van der Waals surface area contributed by atoms with Gasteiger partial charge in [-0.05, 0) is 55.9 Å². The van der Waals surface area contributed by atoms with Gasteiger partial charge in [-0.25, -0.2) is 13.2 Å². The monoisotopic (exact) mass is 318 g/mol. The Bertz CT molecular complexity index is 839. The van der Waals surface area contributed by atoms with Gasteiger partial charge in [0, 0.05) is 33.8 Å². The average Bonchev–Trinajstić information content (AvgIpc) is 2.96. The lowest BCUT2D eigenvalue weighted by Crippen LogP contribution is -2.11. The molecule has 0 saturated heterocycles. The van der Waals surface area contributed by atoms with Crippen molar-refractivity contribution in [2.24, 2.45) is 0 Å². The van der Waals surface area contributed by atoms with Crippen LogP contribution in [0.15, 0.2) is 42.5 Å². The number of halogens is 3. The van der Waals surface area contributed by atoms with E-state index in [-0.39, 0.29) is 17.2 Å². The number of rotatable bonds is 4. The van der Waals surface area contributed by atoms with Crippen molar-refractivity contribution in [3.8, 4) is 11.3 Å². The van der Waals surface area contributed by atoms with E-state index in [0.717, 1.165) is 34.7 Å². The molecule has 1 atom stereocenters. The molecule has 5 heteroatoms. The minimum Gasteiger partial charge on any atom is -0.355 e. The van der Waals surface area contributed by atoms with Crippen molar-refractivity contribution in [1.82, 2.24) is 10.3 Å². The summed E-state index contributed by atoms with van der Waals surface area (Å²) in [5, 5.41) is 4.06. The van der Waals surface area contributed by atoms with Crippen molar-refractivity contribution in [3.63, 3.8) is 0 Å². The van der Waals surface area contributed by atoms with Crippen LogP contribution in [0.4, 0.5) is 13.2 Å². The summed E-state index contributed by atoms with van der Waals surface area (Å²) < 4.78 is 39.8. The minimum atomic E-state index is -2.66. The van der Waals surface area contributed by atoms with Crippen molar-refractivity contribution >= 4 is 10.9 Å². The molecule has 23 heavy (non-hydrogen) atoms. The lowest BCUT2D eigenvalue weighted by Gasteiger charge is -2.09. The van der Waals surface area contributed by atoms with Gasteiger partial charge < -0.3 is 10.3 Å². The number of fused-ring (bicyclic) bond motifs is 1. The molecular weight excluding hydrogens is 301 g/mol. The SMILES string of the molecule is CNC(C)c1ccc2[nH]c(-c3cc(F)ccc3C(F)F)cc2c1. The van der Waals surface area contributed by atoms with E-state index in [9.17, 15) is 13.2 Å². The Morgan fingerprint density at radius 2 is 1.83 bits per heavy atom. The number of hydrogen-bond acceptors (Lipinski definition) is 1. The van der Waals surface area contributed by atoms with Crippen LogP contribution in [0.1, 0.15) is 30.5 Å². The van der Waals surface area contributed by atoms with Gasteiger partial charge in [-0.1, -0.05) is 6.07 Å². The van der Waals surface area contributed by atoms with E-state index in [1.54, 1.807) is 6.07 Å². The molecule has 0 fully saturated rings. The number of nitrogens with one attached hydrogen (secondary N) is 2. The second-order valence-electron chi connectivity index (χ2n) is 5.57. The van der Waals surface area contributed by atoms with Crippen LogP contribution in [0.3, 0.4) is 0 Å². The molecule has 2 N–H and O–H groups in total. The fourth-order valence-corrected chi connectivity index (χ4v) is 2.68. The van der Waals surface area contributed by atoms with Crippen LogP contribution >= 0.6 is 0 Å². The van der Waals surface area contributed by atoms with Crippen molar-refractivity contribution in [3.05, 3.63) is 59.4 Å². The van der Waals surface area contributed by atoms with Crippen LogP contribution in [0, 0.1) is 5.82 Å². The van der Waals surface area contributed by atoms with Gasteiger partial charge in [0.05, 0.1) is 0 Å². The molecule has 0 aliphatic heterocycles. The Labute approximate surface area is 132 Å². The molecule has 0 aliphatic rings. The predicted octanol–water partition coefficient (Wildman–Crippen LogP) is 5.19. The topological polar surface area (TPSA) is 27.8 Å². The Balaban J connectivity index is 2.12. The highest BCUT2D eigenvalue weighted by Crippen LogP contribution is 2.33. The Kier molecular flexibility index (Phi) is 4.13. The maximum Gasteiger partial charge on any atom is 0.264 e. The van der Waals surface area contributed by atoms with Crippen molar-refractivity contribution in [1.29, 1.82) is 0 Å². The van der Waals surface area contributed by atoms with Gasteiger partial charge >= 0.3 is 0 Å². The smallest absolute Gasteiger partial charge is 0.264 e. The summed E-state index contributed by atoms with van der Waals surface area (Å²) in [6.45, 7) is 2.04. The summed E-state index contributed by atoms with van der Waals surface area (Å²) in [6.07, 6.45) is -2.66. The molecule has 0 spiro atoms. The zero-order valence-corrected chi connectivity index (χ0v) is 12.8. The minimum absolute atomic E-state index is 0.179. The molecule has 1 heterocycles. The average molecular weight is 318 g/mol. The first-order chi connectivity index (χ1) is 11.0. The van der Waals surface area contributed by atoms with Crippen LogP contribution in [0.5, 0.6) is 0 Å². The van der Waals surface area contributed by atoms with Crippen molar-refractivity contribution < 1.29 is 13.2 Å². The number of alkyl halides is 2. The molecule has 3 aromatic rings. The van der Waals surface area contributed by atoms with Crippen LogP contribution in [-0.2, 0) is 0 Å². The maximum absolute atomic E-state index is 13.5. The fraction of sp³-hybridized carbons (Fsp3) is 0.222. The first kappa shape index (κ1) is 15.6. The number of aromatic nitrogens is 1. The summed E-state index contributed by atoms with van der Waals surface area (Å²) in [7, 11) is 1.87. The molecule has 0 saturated carbocycles. The molecule has 0 bridgehead atoms. The highest BCUT2D eigenvalue weighted by molar-refractivity contribution is 5.87. The number of aromatic amines is 1. The summed E-state index contributed by atoms with van der Waals surface area (Å²) in [6, 6.07) is 11.2. The first-order valence-electron chi connectivity index (χ1n) is 7.37. The molecule has 1 unspecified atom stereocenters. The molecule has 0 amide bonds. The molecule has 2 aromatic carbocycles. The summed E-state index contributed by atoms with van der Waals surface area (Å²) in [5.41, 5.74) is 2.43. The van der Waals surface area contributed by atoms with Gasteiger partial charge in [0.2, 0.25) is 0 Å². The van der Waals surface area contributed by atoms with E-state index in [1.807, 2.05) is 32.2 Å². The number of H-pyrrole nitrogens is 1. The fourth-order valence-electron chi connectivity index (χ4n) is 2.68. The van der Waals surface area contributed by atoms with Gasteiger partial charge in [-0.3, -0.25) is 0 Å². The second-order valence-corrected chi connectivity index (χ2v) is 5.57. The van der Waals surface area contributed by atoms with E-state index < -0.39 is 12.2 Å². The molecule has 2 nitrogen and oxygen atoms in total. The van der Waals surface area contributed by atoms with Crippen LogP contribution < -0.4 is 5.32 Å². The summed E-state index contributed by atoms with van der Waals surface area (Å²) >= 11 is 0. The van der Waals surface area contributed by atoms with E-state index in [0.29, 0.717) is 5.69 Å². The third kappa shape index (κ3) is 2.97. The normalized spacial score (nSPS) is 13.0. The van der Waals surface area contributed by atoms with Gasteiger partial charge in [0.25, 0.3) is 6.43 Å².